The number of nitrogens with one attached hydrogen (secondary N) is 1. The molecular weight excluding hydrogens is 258 g/mol. The van der Waals surface area contributed by atoms with Crippen LogP contribution in [0.3, 0.4) is 0 Å². The fourth-order valence-electron chi connectivity index (χ4n) is 1.81. The molecule has 0 aliphatic carbocycles. The Hall–Kier alpha value is -2.34. The molecule has 1 aliphatic rings. The highest BCUT2D eigenvalue weighted by Crippen LogP contribution is 2.36. The Morgan fingerprint density at radius 2 is 2.05 bits per heavy atom. The largest absolute Gasteiger partial charge is 0.454 e. The van der Waals surface area contributed by atoms with Crippen molar-refractivity contribution in [3.05, 3.63) is 36.0 Å². The number of aromatic nitrogens is 2. The lowest BCUT2D eigenvalue weighted by molar-refractivity contribution is 0.174. The van der Waals surface area contributed by atoms with Crippen LogP contribution >= 0.6 is 0 Å². The minimum Gasteiger partial charge on any atom is -0.454 e. The molecule has 0 spiro atoms. The van der Waals surface area contributed by atoms with Gasteiger partial charge in [-0.3, -0.25) is 0 Å². The molecule has 2 aromatic rings. The molecular formula is C14H15N3O3. The van der Waals surface area contributed by atoms with Crippen LogP contribution in [0.5, 0.6) is 23.1 Å². The second-order valence-electron chi connectivity index (χ2n) is 4.26. The third-order valence-corrected chi connectivity index (χ3v) is 2.82. The first-order chi connectivity index (χ1) is 9.85. The smallest absolute Gasteiger partial charge is 0.238 e. The standard InChI is InChI=1S/C14H15N3O3/c1-2-15-8-10-3-6-14(17-16-10)20-11-4-5-12-13(7-11)19-9-18-12/h3-7,15H,2,8-9H2,1H3. The van der Waals surface area contributed by atoms with Gasteiger partial charge in [-0.2, -0.15) is 5.10 Å². The van der Waals surface area contributed by atoms with Gasteiger partial charge >= 0.3 is 0 Å². The van der Waals surface area contributed by atoms with Crippen LogP contribution in [0.25, 0.3) is 0 Å². The van der Waals surface area contributed by atoms with Gasteiger partial charge in [0, 0.05) is 18.7 Å². The summed E-state index contributed by atoms with van der Waals surface area (Å²) in [6, 6.07) is 9.07. The Bertz CT molecular complexity index is 587. The van der Waals surface area contributed by atoms with E-state index in [1.165, 1.54) is 0 Å². The molecule has 104 valence electrons. The van der Waals surface area contributed by atoms with Gasteiger partial charge in [-0.25, -0.2) is 0 Å². The third-order valence-electron chi connectivity index (χ3n) is 2.82. The SMILES string of the molecule is CCNCc1ccc(Oc2ccc3c(c2)OCO3)nn1. The monoisotopic (exact) mass is 273 g/mol. The predicted octanol–water partition coefficient (Wildman–Crippen LogP) is 2.11. The first kappa shape index (κ1) is 12.7. The summed E-state index contributed by atoms with van der Waals surface area (Å²) in [4.78, 5) is 0. The van der Waals surface area contributed by atoms with Crippen LogP contribution in [0.1, 0.15) is 12.6 Å². The number of nitrogens with zero attached hydrogens (tertiary/aromatic N) is 2. The summed E-state index contributed by atoms with van der Waals surface area (Å²) >= 11 is 0. The zero-order valence-electron chi connectivity index (χ0n) is 11.1. The van der Waals surface area contributed by atoms with Crippen molar-refractivity contribution in [1.82, 2.24) is 15.5 Å². The molecule has 0 amide bonds. The van der Waals surface area contributed by atoms with Gasteiger partial charge in [0.2, 0.25) is 12.7 Å². The van der Waals surface area contributed by atoms with Crippen LogP contribution in [0, 0.1) is 0 Å². The normalized spacial score (nSPS) is 12.4. The topological polar surface area (TPSA) is 65.5 Å². The molecule has 1 aromatic carbocycles. The molecule has 0 radical (unpaired) electrons. The molecule has 0 unspecified atom stereocenters. The van der Waals surface area contributed by atoms with E-state index < -0.39 is 0 Å². The third kappa shape index (κ3) is 2.80. The number of ether oxygens (including phenoxy) is 3. The molecule has 3 rings (SSSR count). The molecule has 0 atom stereocenters. The van der Waals surface area contributed by atoms with Crippen molar-refractivity contribution >= 4 is 0 Å². The van der Waals surface area contributed by atoms with Crippen molar-refractivity contribution < 1.29 is 14.2 Å². The minimum atomic E-state index is 0.248. The van der Waals surface area contributed by atoms with Crippen LogP contribution in [-0.2, 0) is 6.54 Å². The molecule has 0 bridgehead atoms. The lowest BCUT2D eigenvalue weighted by Gasteiger charge is -2.06. The number of rotatable bonds is 5. The van der Waals surface area contributed by atoms with Crippen molar-refractivity contribution in [3.63, 3.8) is 0 Å². The van der Waals surface area contributed by atoms with Gasteiger partial charge in [0.05, 0.1) is 5.69 Å². The van der Waals surface area contributed by atoms with Gasteiger partial charge < -0.3 is 19.5 Å². The molecule has 0 fully saturated rings. The second kappa shape index (κ2) is 5.75. The van der Waals surface area contributed by atoms with Gasteiger partial charge in [-0.05, 0) is 24.7 Å². The second-order valence-corrected chi connectivity index (χ2v) is 4.26. The fraction of sp³-hybridized carbons (Fsp3) is 0.286. The summed E-state index contributed by atoms with van der Waals surface area (Å²) in [5.41, 5.74) is 0.880. The van der Waals surface area contributed by atoms with Crippen molar-refractivity contribution in [3.8, 4) is 23.1 Å². The average molecular weight is 273 g/mol. The summed E-state index contributed by atoms with van der Waals surface area (Å²) in [5, 5.41) is 11.3. The Kier molecular flexibility index (Phi) is 3.64. The van der Waals surface area contributed by atoms with Crippen molar-refractivity contribution in [1.29, 1.82) is 0 Å². The Morgan fingerprint density at radius 1 is 1.15 bits per heavy atom. The maximum absolute atomic E-state index is 5.63. The van der Waals surface area contributed by atoms with E-state index >= 15 is 0 Å². The fourth-order valence-corrected chi connectivity index (χ4v) is 1.81. The highest BCUT2D eigenvalue weighted by Gasteiger charge is 2.14. The van der Waals surface area contributed by atoms with E-state index in [4.69, 9.17) is 14.2 Å². The van der Waals surface area contributed by atoms with Crippen molar-refractivity contribution in [2.75, 3.05) is 13.3 Å². The van der Waals surface area contributed by atoms with E-state index in [2.05, 4.69) is 15.5 Å². The molecule has 2 heterocycles. The highest BCUT2D eigenvalue weighted by molar-refractivity contribution is 5.47. The van der Waals surface area contributed by atoms with Crippen LogP contribution in [0.2, 0.25) is 0 Å². The average Bonchev–Trinajstić information content (AvgIpc) is 2.94. The summed E-state index contributed by atoms with van der Waals surface area (Å²) in [6.07, 6.45) is 0. The van der Waals surface area contributed by atoms with Crippen molar-refractivity contribution in [2.24, 2.45) is 0 Å². The summed E-state index contributed by atoms with van der Waals surface area (Å²) in [5.74, 6) is 2.50. The van der Waals surface area contributed by atoms with Gasteiger partial charge in [0.15, 0.2) is 11.5 Å². The Balaban J connectivity index is 1.68. The van der Waals surface area contributed by atoms with E-state index in [-0.39, 0.29) is 6.79 Å². The van der Waals surface area contributed by atoms with Crippen LogP contribution in [0.4, 0.5) is 0 Å². The predicted molar refractivity (Wildman–Crippen MR) is 72.1 cm³/mol. The Morgan fingerprint density at radius 3 is 2.85 bits per heavy atom. The Labute approximate surface area is 116 Å². The lowest BCUT2D eigenvalue weighted by Crippen LogP contribution is -2.13. The number of hydrogen-bond donors (Lipinski definition) is 1. The van der Waals surface area contributed by atoms with E-state index in [9.17, 15) is 0 Å². The van der Waals surface area contributed by atoms with Crippen LogP contribution in [0.15, 0.2) is 30.3 Å². The molecule has 6 nitrogen and oxygen atoms in total. The van der Waals surface area contributed by atoms with Crippen LogP contribution in [-0.4, -0.2) is 23.5 Å². The molecule has 0 saturated carbocycles. The zero-order valence-corrected chi connectivity index (χ0v) is 11.1. The molecule has 1 aliphatic heterocycles. The molecule has 1 N–H and O–H groups in total. The highest BCUT2D eigenvalue weighted by atomic mass is 16.7. The molecule has 0 saturated heterocycles. The van der Waals surface area contributed by atoms with Gasteiger partial charge in [0.1, 0.15) is 5.75 Å². The molecule has 20 heavy (non-hydrogen) atoms. The van der Waals surface area contributed by atoms with Gasteiger partial charge in [-0.15, -0.1) is 5.10 Å². The molecule has 6 heteroatoms. The minimum absolute atomic E-state index is 0.248. The lowest BCUT2D eigenvalue weighted by atomic mass is 10.3. The molecule has 1 aromatic heterocycles. The first-order valence-electron chi connectivity index (χ1n) is 6.46. The zero-order chi connectivity index (χ0) is 13.8. The van der Waals surface area contributed by atoms with E-state index in [0.29, 0.717) is 23.9 Å². The number of benzene rings is 1. The van der Waals surface area contributed by atoms with Gasteiger partial charge in [-0.1, -0.05) is 6.92 Å². The van der Waals surface area contributed by atoms with Crippen molar-refractivity contribution in [2.45, 2.75) is 13.5 Å². The van der Waals surface area contributed by atoms with Gasteiger partial charge in [0.25, 0.3) is 0 Å². The maximum atomic E-state index is 5.63. The summed E-state index contributed by atoms with van der Waals surface area (Å²) in [6.45, 7) is 3.90. The van der Waals surface area contributed by atoms with Crippen LogP contribution < -0.4 is 19.5 Å². The summed E-state index contributed by atoms with van der Waals surface area (Å²) in [7, 11) is 0. The van der Waals surface area contributed by atoms with E-state index in [1.807, 2.05) is 25.1 Å². The summed E-state index contributed by atoms with van der Waals surface area (Å²) < 4.78 is 16.2. The maximum Gasteiger partial charge on any atom is 0.238 e. The first-order valence-corrected chi connectivity index (χ1v) is 6.46. The van der Waals surface area contributed by atoms with E-state index in [0.717, 1.165) is 18.0 Å². The van der Waals surface area contributed by atoms with E-state index in [1.54, 1.807) is 12.1 Å². The number of hydrogen-bond acceptors (Lipinski definition) is 6. The quantitative estimate of drug-likeness (QED) is 0.900. The number of fused-ring (bicyclic) bond motifs is 1.